The van der Waals surface area contributed by atoms with Crippen molar-refractivity contribution in [3.8, 4) is 0 Å². The topological polar surface area (TPSA) is 17.1 Å². The Morgan fingerprint density at radius 3 is 1.94 bits per heavy atom. The zero-order valence-electron chi connectivity index (χ0n) is 19.5. The second-order valence-electron chi connectivity index (χ2n) is 8.97. The molecular weight excluding hydrogens is 400 g/mol. The molecule has 164 valence electrons. The second-order valence-corrected chi connectivity index (χ2v) is 8.97. The van der Waals surface area contributed by atoms with Gasteiger partial charge >= 0.3 is 0 Å². The second kappa shape index (κ2) is 8.83. The Hall–Kier alpha value is -3.45. The minimum Gasteiger partial charge on any atom is -0.293 e. The molecule has 0 bridgehead atoms. The van der Waals surface area contributed by atoms with E-state index >= 15 is 0 Å². The number of carbonyl (C=O) groups is 1. The van der Waals surface area contributed by atoms with Crippen molar-refractivity contribution < 1.29 is 4.79 Å². The van der Waals surface area contributed by atoms with E-state index in [0.29, 0.717) is 0 Å². The molecule has 0 saturated carbocycles. The van der Waals surface area contributed by atoms with E-state index in [4.69, 9.17) is 0 Å². The van der Waals surface area contributed by atoms with E-state index in [2.05, 4.69) is 98.8 Å². The van der Waals surface area contributed by atoms with E-state index in [0.717, 1.165) is 42.4 Å². The minimum atomic E-state index is -0.765. The Labute approximate surface area is 197 Å². The monoisotopic (exact) mass is 430 g/mol. The van der Waals surface area contributed by atoms with Crippen LogP contribution in [-0.2, 0) is 10.2 Å². The zero-order valence-corrected chi connectivity index (χ0v) is 19.5. The Bertz CT molecular complexity index is 1270. The highest BCUT2D eigenvalue weighted by Crippen LogP contribution is 2.60. The average Bonchev–Trinajstić information content (AvgIpc) is 3.14. The molecule has 1 spiro atoms. The lowest BCUT2D eigenvalue weighted by Gasteiger charge is -2.38. The van der Waals surface area contributed by atoms with Gasteiger partial charge in [-0.1, -0.05) is 118 Å². The first kappa shape index (κ1) is 21.4. The van der Waals surface area contributed by atoms with Gasteiger partial charge in [0.15, 0.2) is 5.78 Å². The Balaban J connectivity index is 1.96. The number of hydrogen-bond donors (Lipinski definition) is 0. The fourth-order valence-corrected chi connectivity index (χ4v) is 5.86. The highest BCUT2D eigenvalue weighted by molar-refractivity contribution is 6.22. The molecule has 0 fully saturated rings. The highest BCUT2D eigenvalue weighted by atomic mass is 16.1. The van der Waals surface area contributed by atoms with Crippen LogP contribution in [0.4, 0.5) is 0 Å². The van der Waals surface area contributed by atoms with E-state index in [1.54, 1.807) is 0 Å². The van der Waals surface area contributed by atoms with Gasteiger partial charge in [-0.05, 0) is 63.5 Å². The van der Waals surface area contributed by atoms with E-state index < -0.39 is 5.41 Å². The third-order valence-electron chi connectivity index (χ3n) is 7.01. The van der Waals surface area contributed by atoms with Gasteiger partial charge in [0.1, 0.15) is 5.41 Å². The fraction of sp³-hybridized carbons (Fsp3) is 0.219. The maximum atomic E-state index is 14.2. The van der Waals surface area contributed by atoms with Crippen molar-refractivity contribution in [3.63, 3.8) is 0 Å². The Morgan fingerprint density at radius 1 is 0.667 bits per heavy atom. The molecule has 3 aromatic rings. The number of carbonyl (C=O) groups excluding carboxylic acids is 1. The summed E-state index contributed by atoms with van der Waals surface area (Å²) in [6, 6.07) is 29.8. The van der Waals surface area contributed by atoms with Crippen molar-refractivity contribution in [1.29, 1.82) is 0 Å². The van der Waals surface area contributed by atoms with Crippen LogP contribution >= 0.6 is 0 Å². The van der Waals surface area contributed by atoms with Crippen LogP contribution in [0.25, 0.3) is 17.2 Å². The molecule has 1 heteroatoms. The minimum absolute atomic E-state index is 0.183. The third kappa shape index (κ3) is 3.26. The van der Waals surface area contributed by atoms with Crippen molar-refractivity contribution in [2.24, 2.45) is 0 Å². The maximum Gasteiger partial charge on any atom is 0.174 e. The first-order valence-corrected chi connectivity index (χ1v) is 12.1. The standard InChI is InChI=1S/C32H30O/c1-3-13-26-30(24-16-7-5-8-17-24)28(14-4-2)32(31(26)25-18-9-6-10-19-25)27-20-12-11-15-23(27)21-22-29(32)33/h5-12,15-22H,3-4,13-14H2,1-2H3. The van der Waals surface area contributed by atoms with Crippen LogP contribution in [0.2, 0.25) is 0 Å². The molecule has 0 amide bonds. The number of benzene rings is 3. The van der Waals surface area contributed by atoms with Gasteiger partial charge < -0.3 is 0 Å². The first-order valence-electron chi connectivity index (χ1n) is 12.1. The molecule has 33 heavy (non-hydrogen) atoms. The van der Waals surface area contributed by atoms with Gasteiger partial charge in [0.2, 0.25) is 0 Å². The van der Waals surface area contributed by atoms with Crippen LogP contribution in [0, 0.1) is 0 Å². The molecule has 0 heterocycles. The van der Waals surface area contributed by atoms with Crippen molar-refractivity contribution in [3.05, 3.63) is 124 Å². The summed E-state index contributed by atoms with van der Waals surface area (Å²) in [6.07, 6.45) is 7.68. The van der Waals surface area contributed by atoms with Gasteiger partial charge in [-0.15, -0.1) is 0 Å². The van der Waals surface area contributed by atoms with Gasteiger partial charge in [0.25, 0.3) is 0 Å². The quantitative estimate of drug-likeness (QED) is 0.387. The Morgan fingerprint density at radius 2 is 1.27 bits per heavy atom. The lowest BCUT2D eigenvalue weighted by atomic mass is 9.62. The number of ketones is 1. The number of hydrogen-bond acceptors (Lipinski definition) is 1. The summed E-state index contributed by atoms with van der Waals surface area (Å²) in [4.78, 5) is 14.2. The summed E-state index contributed by atoms with van der Waals surface area (Å²) >= 11 is 0. The smallest absolute Gasteiger partial charge is 0.174 e. The summed E-state index contributed by atoms with van der Waals surface area (Å²) in [5.74, 6) is 0.183. The molecule has 0 aliphatic heterocycles. The van der Waals surface area contributed by atoms with Crippen LogP contribution in [0.15, 0.2) is 102 Å². The average molecular weight is 431 g/mol. The van der Waals surface area contributed by atoms with Gasteiger partial charge in [-0.2, -0.15) is 0 Å². The summed E-state index contributed by atoms with van der Waals surface area (Å²) < 4.78 is 0. The van der Waals surface area contributed by atoms with Crippen LogP contribution < -0.4 is 0 Å². The van der Waals surface area contributed by atoms with E-state index in [1.165, 1.54) is 27.9 Å². The molecule has 1 nitrogen and oxygen atoms in total. The molecular formula is C32H30O. The van der Waals surface area contributed by atoms with Gasteiger partial charge in [0.05, 0.1) is 0 Å². The highest BCUT2D eigenvalue weighted by Gasteiger charge is 2.53. The maximum absolute atomic E-state index is 14.2. The number of fused-ring (bicyclic) bond motifs is 2. The van der Waals surface area contributed by atoms with Gasteiger partial charge in [0, 0.05) is 0 Å². The number of allylic oxidation sites excluding steroid dienone is 5. The van der Waals surface area contributed by atoms with Crippen molar-refractivity contribution in [1.82, 2.24) is 0 Å². The molecule has 0 aromatic heterocycles. The molecule has 2 aliphatic carbocycles. The molecule has 5 rings (SSSR count). The van der Waals surface area contributed by atoms with Crippen LogP contribution in [0.1, 0.15) is 61.8 Å². The molecule has 0 radical (unpaired) electrons. The summed E-state index contributed by atoms with van der Waals surface area (Å²) in [5.41, 5.74) is 8.94. The molecule has 0 saturated heterocycles. The molecule has 1 unspecified atom stereocenters. The first-order chi connectivity index (χ1) is 16.2. The summed E-state index contributed by atoms with van der Waals surface area (Å²) in [5, 5.41) is 0. The van der Waals surface area contributed by atoms with Crippen molar-refractivity contribution in [2.45, 2.75) is 44.9 Å². The largest absolute Gasteiger partial charge is 0.293 e. The zero-order chi connectivity index (χ0) is 22.8. The van der Waals surface area contributed by atoms with Crippen molar-refractivity contribution in [2.75, 3.05) is 0 Å². The van der Waals surface area contributed by atoms with Gasteiger partial charge in [-0.3, -0.25) is 4.79 Å². The summed E-state index contributed by atoms with van der Waals surface area (Å²) in [7, 11) is 0. The Kier molecular flexibility index (Phi) is 5.72. The van der Waals surface area contributed by atoms with E-state index in [-0.39, 0.29) is 5.78 Å². The number of rotatable bonds is 6. The predicted octanol–water partition coefficient (Wildman–Crippen LogP) is 8.04. The fourth-order valence-electron chi connectivity index (χ4n) is 5.86. The normalized spacial score (nSPS) is 19.5. The molecule has 3 aromatic carbocycles. The van der Waals surface area contributed by atoms with Crippen LogP contribution in [0.3, 0.4) is 0 Å². The lowest BCUT2D eigenvalue weighted by Crippen LogP contribution is -2.39. The van der Waals surface area contributed by atoms with E-state index in [9.17, 15) is 4.79 Å². The van der Waals surface area contributed by atoms with Crippen molar-refractivity contribution >= 4 is 23.0 Å². The molecule has 2 aliphatic rings. The molecule has 0 N–H and O–H groups in total. The van der Waals surface area contributed by atoms with Crippen LogP contribution in [0.5, 0.6) is 0 Å². The molecule has 1 atom stereocenters. The van der Waals surface area contributed by atoms with Crippen LogP contribution in [-0.4, -0.2) is 5.78 Å². The summed E-state index contributed by atoms with van der Waals surface area (Å²) in [6.45, 7) is 4.46. The predicted molar refractivity (Wildman–Crippen MR) is 139 cm³/mol. The lowest BCUT2D eigenvalue weighted by molar-refractivity contribution is -0.117. The SMILES string of the molecule is CCCC1=C(c2ccccc2)C2(C(=O)C=Cc3ccccc32)C(CCC)=C1c1ccccc1. The van der Waals surface area contributed by atoms with E-state index in [1.807, 2.05) is 12.2 Å². The third-order valence-corrected chi connectivity index (χ3v) is 7.01. The van der Waals surface area contributed by atoms with Gasteiger partial charge in [-0.25, -0.2) is 0 Å².